The fourth-order valence-electron chi connectivity index (χ4n) is 1.64. The van der Waals surface area contributed by atoms with Crippen LogP contribution in [0.1, 0.15) is 10.4 Å². The largest absolute Gasteiger partial charge is 0.497 e. The first-order valence-corrected chi connectivity index (χ1v) is 6.64. The van der Waals surface area contributed by atoms with Crippen molar-refractivity contribution in [2.75, 3.05) is 13.7 Å². The minimum absolute atomic E-state index is 0.164. The van der Waals surface area contributed by atoms with Crippen LogP contribution in [0.5, 0.6) is 11.5 Å². The van der Waals surface area contributed by atoms with Crippen LogP contribution in [0.2, 0.25) is 0 Å². The number of carbonyl (C=O) groups is 1. The van der Waals surface area contributed by atoms with E-state index in [0.717, 1.165) is 0 Å². The van der Waals surface area contributed by atoms with Crippen LogP contribution in [0.3, 0.4) is 0 Å². The number of rotatable bonds is 5. The van der Waals surface area contributed by atoms with E-state index in [0.29, 0.717) is 21.5 Å². The van der Waals surface area contributed by atoms with Crippen LogP contribution in [0, 0.1) is 5.82 Å². The number of hydrogen-bond acceptors (Lipinski definition) is 3. The van der Waals surface area contributed by atoms with Gasteiger partial charge in [0.05, 0.1) is 7.11 Å². The Balaban J connectivity index is 2.04. The van der Waals surface area contributed by atoms with Gasteiger partial charge < -0.3 is 9.47 Å². The maximum atomic E-state index is 13.2. The standard InChI is InChI=1S/C15H12BrFO3/c1-19-13-4-2-3-10(5-13)15(18)9-20-14-7-11(16)6-12(17)8-14/h2-8H,9H2,1H3. The summed E-state index contributed by atoms with van der Waals surface area (Å²) in [5.74, 6) is 0.268. The predicted molar refractivity (Wildman–Crippen MR) is 76.9 cm³/mol. The highest BCUT2D eigenvalue weighted by molar-refractivity contribution is 9.10. The van der Waals surface area contributed by atoms with Crippen LogP contribution in [-0.4, -0.2) is 19.5 Å². The first kappa shape index (κ1) is 14.5. The van der Waals surface area contributed by atoms with Crippen molar-refractivity contribution in [2.24, 2.45) is 0 Å². The average molecular weight is 339 g/mol. The van der Waals surface area contributed by atoms with Crippen LogP contribution in [-0.2, 0) is 0 Å². The van der Waals surface area contributed by atoms with Gasteiger partial charge in [0.2, 0.25) is 0 Å². The molecule has 0 heterocycles. The Hall–Kier alpha value is -1.88. The molecule has 0 aliphatic rings. The quantitative estimate of drug-likeness (QED) is 0.776. The Morgan fingerprint density at radius 1 is 1.20 bits per heavy atom. The van der Waals surface area contributed by atoms with Crippen molar-refractivity contribution in [2.45, 2.75) is 0 Å². The van der Waals surface area contributed by atoms with E-state index >= 15 is 0 Å². The molecule has 2 aromatic rings. The lowest BCUT2D eigenvalue weighted by Gasteiger charge is -2.07. The Bertz CT molecular complexity index is 608. The van der Waals surface area contributed by atoms with Crippen molar-refractivity contribution in [3.8, 4) is 11.5 Å². The molecule has 0 unspecified atom stereocenters. The van der Waals surface area contributed by atoms with E-state index in [-0.39, 0.29) is 12.4 Å². The van der Waals surface area contributed by atoms with Gasteiger partial charge >= 0.3 is 0 Å². The van der Waals surface area contributed by atoms with Gasteiger partial charge in [-0.05, 0) is 24.3 Å². The summed E-state index contributed by atoms with van der Waals surface area (Å²) in [5.41, 5.74) is 0.486. The summed E-state index contributed by atoms with van der Waals surface area (Å²) in [6.45, 7) is -0.164. The minimum atomic E-state index is -0.428. The van der Waals surface area contributed by atoms with E-state index in [9.17, 15) is 9.18 Å². The number of methoxy groups -OCH3 is 1. The highest BCUT2D eigenvalue weighted by atomic mass is 79.9. The number of halogens is 2. The number of Topliss-reactive ketones (excluding diaryl/α,β-unsaturated/α-hetero) is 1. The van der Waals surface area contributed by atoms with Gasteiger partial charge in [-0.3, -0.25) is 4.79 Å². The van der Waals surface area contributed by atoms with Crippen LogP contribution in [0.15, 0.2) is 46.9 Å². The van der Waals surface area contributed by atoms with Crippen molar-refractivity contribution < 1.29 is 18.7 Å². The van der Waals surface area contributed by atoms with E-state index < -0.39 is 5.82 Å². The molecule has 0 aromatic heterocycles. The zero-order chi connectivity index (χ0) is 14.5. The second kappa shape index (κ2) is 6.52. The van der Waals surface area contributed by atoms with Crippen LogP contribution in [0.25, 0.3) is 0 Å². The second-order valence-corrected chi connectivity index (χ2v) is 4.96. The van der Waals surface area contributed by atoms with Gasteiger partial charge in [-0.15, -0.1) is 0 Å². The third-order valence-electron chi connectivity index (χ3n) is 2.60. The van der Waals surface area contributed by atoms with Crippen LogP contribution in [0.4, 0.5) is 4.39 Å². The molecule has 3 nitrogen and oxygen atoms in total. The first-order chi connectivity index (χ1) is 9.58. The Kier molecular flexibility index (Phi) is 4.74. The van der Waals surface area contributed by atoms with Crippen molar-refractivity contribution in [1.29, 1.82) is 0 Å². The molecule has 0 fully saturated rings. The molecule has 0 amide bonds. The molecule has 0 saturated heterocycles. The molecule has 20 heavy (non-hydrogen) atoms. The number of ether oxygens (including phenoxy) is 2. The van der Waals surface area contributed by atoms with Crippen molar-refractivity contribution in [1.82, 2.24) is 0 Å². The van der Waals surface area contributed by atoms with Crippen molar-refractivity contribution in [3.05, 3.63) is 58.3 Å². The molecule has 104 valence electrons. The fraction of sp³-hybridized carbons (Fsp3) is 0.133. The van der Waals surface area contributed by atoms with Gasteiger partial charge in [-0.1, -0.05) is 28.1 Å². The molecule has 2 rings (SSSR count). The molecule has 2 aromatic carbocycles. The van der Waals surface area contributed by atoms with E-state index in [1.165, 1.54) is 19.2 Å². The van der Waals surface area contributed by atoms with Gasteiger partial charge in [-0.25, -0.2) is 4.39 Å². The molecule has 0 spiro atoms. The van der Waals surface area contributed by atoms with Gasteiger partial charge in [0, 0.05) is 16.1 Å². The minimum Gasteiger partial charge on any atom is -0.497 e. The average Bonchev–Trinajstić information content (AvgIpc) is 2.44. The fourth-order valence-corrected chi connectivity index (χ4v) is 2.08. The number of hydrogen-bond donors (Lipinski definition) is 0. The Morgan fingerprint density at radius 2 is 2.00 bits per heavy atom. The lowest BCUT2D eigenvalue weighted by Crippen LogP contribution is -2.11. The van der Waals surface area contributed by atoms with E-state index in [4.69, 9.17) is 9.47 Å². The van der Waals surface area contributed by atoms with Gasteiger partial charge in [-0.2, -0.15) is 0 Å². The molecule has 0 radical (unpaired) electrons. The summed E-state index contributed by atoms with van der Waals surface area (Å²) in [6.07, 6.45) is 0. The maximum Gasteiger partial charge on any atom is 0.200 e. The van der Waals surface area contributed by atoms with Crippen LogP contribution >= 0.6 is 15.9 Å². The molecule has 0 bridgehead atoms. The molecule has 5 heteroatoms. The Labute approximate surface area is 124 Å². The maximum absolute atomic E-state index is 13.2. The van der Waals surface area contributed by atoms with Crippen molar-refractivity contribution >= 4 is 21.7 Å². The molecule has 0 aliphatic heterocycles. The smallest absolute Gasteiger partial charge is 0.200 e. The SMILES string of the molecule is COc1cccc(C(=O)COc2cc(F)cc(Br)c2)c1. The monoisotopic (exact) mass is 338 g/mol. The van der Waals surface area contributed by atoms with Gasteiger partial charge in [0.1, 0.15) is 17.3 Å². The number of carbonyl (C=O) groups excluding carboxylic acids is 1. The number of benzene rings is 2. The summed E-state index contributed by atoms with van der Waals surface area (Å²) >= 11 is 3.16. The van der Waals surface area contributed by atoms with E-state index in [1.54, 1.807) is 30.3 Å². The second-order valence-electron chi connectivity index (χ2n) is 4.05. The highest BCUT2D eigenvalue weighted by Crippen LogP contribution is 2.21. The molecular weight excluding hydrogens is 327 g/mol. The summed E-state index contributed by atoms with van der Waals surface area (Å²) < 4.78 is 24.1. The molecule has 0 aliphatic carbocycles. The van der Waals surface area contributed by atoms with Gasteiger partial charge in [0.15, 0.2) is 12.4 Å². The molecule has 0 saturated carbocycles. The summed E-state index contributed by atoms with van der Waals surface area (Å²) in [5, 5.41) is 0. The lowest BCUT2D eigenvalue weighted by atomic mass is 10.1. The van der Waals surface area contributed by atoms with E-state index in [2.05, 4.69) is 15.9 Å². The third-order valence-corrected chi connectivity index (χ3v) is 3.06. The topological polar surface area (TPSA) is 35.5 Å². The zero-order valence-corrected chi connectivity index (χ0v) is 12.3. The van der Waals surface area contributed by atoms with Crippen molar-refractivity contribution in [3.63, 3.8) is 0 Å². The number of ketones is 1. The first-order valence-electron chi connectivity index (χ1n) is 5.84. The summed E-state index contributed by atoms with van der Waals surface area (Å²) in [7, 11) is 1.53. The summed E-state index contributed by atoms with van der Waals surface area (Å²) in [6, 6.07) is 10.9. The normalized spacial score (nSPS) is 10.2. The lowest BCUT2D eigenvalue weighted by molar-refractivity contribution is 0.0921. The van der Waals surface area contributed by atoms with E-state index in [1.807, 2.05) is 0 Å². The Morgan fingerprint density at radius 3 is 2.70 bits per heavy atom. The predicted octanol–water partition coefficient (Wildman–Crippen LogP) is 3.86. The molecule has 0 atom stereocenters. The molecule has 0 N–H and O–H groups in total. The third kappa shape index (κ3) is 3.81. The van der Waals surface area contributed by atoms with Gasteiger partial charge in [0.25, 0.3) is 0 Å². The summed E-state index contributed by atoms with van der Waals surface area (Å²) in [4.78, 5) is 12.0. The van der Waals surface area contributed by atoms with Crippen LogP contribution < -0.4 is 9.47 Å². The highest BCUT2D eigenvalue weighted by Gasteiger charge is 2.09. The zero-order valence-electron chi connectivity index (χ0n) is 10.7. The molecular formula is C15H12BrFO3.